The van der Waals surface area contributed by atoms with Crippen LogP contribution in [0.2, 0.25) is 5.02 Å². The zero-order valence-corrected chi connectivity index (χ0v) is 17.5. The summed E-state index contributed by atoms with van der Waals surface area (Å²) in [6.45, 7) is 4.74. The first-order chi connectivity index (χ1) is 13.3. The molecule has 1 aromatic carbocycles. The summed E-state index contributed by atoms with van der Waals surface area (Å²) >= 11 is 7.10. The van der Waals surface area contributed by atoms with Crippen LogP contribution in [0.15, 0.2) is 40.4 Å². The van der Waals surface area contributed by atoms with Crippen molar-refractivity contribution in [1.82, 2.24) is 19.3 Å². The van der Waals surface area contributed by atoms with Crippen molar-refractivity contribution in [3.63, 3.8) is 0 Å². The van der Waals surface area contributed by atoms with E-state index in [1.54, 1.807) is 46.8 Å². The van der Waals surface area contributed by atoms with E-state index in [9.17, 15) is 9.59 Å². The summed E-state index contributed by atoms with van der Waals surface area (Å²) < 4.78 is 3.20. The molecular weight excluding hydrogens is 398 g/mol. The fraction of sp³-hybridized carbons (Fsp3) is 0.368. The van der Waals surface area contributed by atoms with Gasteiger partial charge >= 0.3 is 0 Å². The van der Waals surface area contributed by atoms with Gasteiger partial charge in [-0.05, 0) is 36.6 Å². The third kappa shape index (κ3) is 4.94. The molecule has 148 valence electrons. The highest BCUT2D eigenvalue weighted by Gasteiger charge is 2.16. The number of halogens is 1. The zero-order chi connectivity index (χ0) is 20.3. The Labute approximate surface area is 172 Å². The molecule has 0 spiro atoms. The van der Waals surface area contributed by atoms with Crippen molar-refractivity contribution in [3.8, 4) is 0 Å². The standard InChI is InChI=1S/C19H22ClN5O2S/c1-12(2)8-9-25-18(27)17-15(10-24(3)23-17)22-19(25)28-11-16(26)21-14-6-4-13(20)5-7-14/h4-7,10,12H,8-9,11H2,1-3H3,(H,21,26). The third-order valence-electron chi connectivity index (χ3n) is 4.09. The Morgan fingerprint density at radius 2 is 2.00 bits per heavy atom. The first kappa shape index (κ1) is 20.4. The molecule has 1 N–H and O–H groups in total. The predicted molar refractivity (Wildman–Crippen MR) is 113 cm³/mol. The lowest BCUT2D eigenvalue weighted by molar-refractivity contribution is -0.113. The molecule has 0 saturated heterocycles. The first-order valence-corrected chi connectivity index (χ1v) is 10.3. The van der Waals surface area contributed by atoms with Crippen LogP contribution in [0.1, 0.15) is 20.3 Å². The summed E-state index contributed by atoms with van der Waals surface area (Å²) in [7, 11) is 1.76. The molecule has 0 saturated carbocycles. The zero-order valence-electron chi connectivity index (χ0n) is 16.0. The highest BCUT2D eigenvalue weighted by atomic mass is 35.5. The molecule has 2 heterocycles. The number of amides is 1. The lowest BCUT2D eigenvalue weighted by Crippen LogP contribution is -2.25. The van der Waals surface area contributed by atoms with Gasteiger partial charge in [-0.3, -0.25) is 18.8 Å². The van der Waals surface area contributed by atoms with Gasteiger partial charge in [0.1, 0.15) is 5.52 Å². The Balaban J connectivity index is 1.80. The number of carbonyl (C=O) groups is 1. The van der Waals surface area contributed by atoms with Gasteiger partial charge in [-0.25, -0.2) is 4.98 Å². The number of rotatable bonds is 7. The first-order valence-electron chi connectivity index (χ1n) is 8.96. The van der Waals surface area contributed by atoms with Crippen LogP contribution in [0.4, 0.5) is 5.69 Å². The highest BCUT2D eigenvalue weighted by Crippen LogP contribution is 2.19. The van der Waals surface area contributed by atoms with Crippen molar-refractivity contribution in [3.05, 3.63) is 45.8 Å². The minimum atomic E-state index is -0.178. The number of aromatic nitrogens is 4. The lowest BCUT2D eigenvalue weighted by atomic mass is 10.1. The van der Waals surface area contributed by atoms with Crippen molar-refractivity contribution < 1.29 is 4.79 Å². The smallest absolute Gasteiger partial charge is 0.282 e. The van der Waals surface area contributed by atoms with Gasteiger partial charge in [-0.2, -0.15) is 5.10 Å². The van der Waals surface area contributed by atoms with Gasteiger partial charge in [0.05, 0.1) is 11.9 Å². The van der Waals surface area contributed by atoms with E-state index in [2.05, 4.69) is 29.2 Å². The number of anilines is 1. The molecule has 0 bridgehead atoms. The monoisotopic (exact) mass is 419 g/mol. The molecule has 0 unspecified atom stereocenters. The van der Waals surface area contributed by atoms with Crippen molar-refractivity contribution in [1.29, 1.82) is 0 Å². The Morgan fingerprint density at radius 3 is 2.68 bits per heavy atom. The molecular formula is C19H22ClN5O2S. The number of nitrogens with one attached hydrogen (secondary N) is 1. The summed E-state index contributed by atoms with van der Waals surface area (Å²) in [6, 6.07) is 6.91. The molecule has 2 aromatic heterocycles. The molecule has 0 radical (unpaired) electrons. The average Bonchev–Trinajstić information content (AvgIpc) is 3.02. The van der Waals surface area contributed by atoms with Gasteiger partial charge in [0.25, 0.3) is 5.56 Å². The number of aryl methyl sites for hydroxylation is 1. The molecule has 0 aliphatic rings. The molecule has 28 heavy (non-hydrogen) atoms. The van der Waals surface area contributed by atoms with Gasteiger partial charge < -0.3 is 5.32 Å². The van der Waals surface area contributed by atoms with Crippen molar-refractivity contribution in [2.24, 2.45) is 13.0 Å². The van der Waals surface area contributed by atoms with Crippen LogP contribution in [-0.4, -0.2) is 31.0 Å². The summed E-state index contributed by atoms with van der Waals surface area (Å²) in [6.07, 6.45) is 2.55. The van der Waals surface area contributed by atoms with Crippen LogP contribution >= 0.6 is 23.4 Å². The normalized spacial score (nSPS) is 11.3. The van der Waals surface area contributed by atoms with Gasteiger partial charge in [0.2, 0.25) is 5.91 Å². The summed E-state index contributed by atoms with van der Waals surface area (Å²) in [4.78, 5) is 29.7. The molecule has 9 heteroatoms. The van der Waals surface area contributed by atoms with E-state index in [1.165, 1.54) is 11.8 Å². The number of fused-ring (bicyclic) bond motifs is 1. The second-order valence-corrected chi connectivity index (χ2v) is 8.29. The SMILES string of the molecule is CC(C)CCn1c(SCC(=O)Nc2ccc(Cl)cc2)nc2cn(C)nc2c1=O. The molecule has 0 aliphatic heterocycles. The van der Waals surface area contributed by atoms with E-state index in [0.717, 1.165) is 6.42 Å². The number of carbonyl (C=O) groups excluding carboxylic acids is 1. The Morgan fingerprint density at radius 1 is 1.29 bits per heavy atom. The summed E-state index contributed by atoms with van der Waals surface area (Å²) in [5.74, 6) is 0.406. The molecule has 0 aliphatic carbocycles. The molecule has 0 fully saturated rings. The van der Waals surface area contributed by atoms with Crippen molar-refractivity contribution in [2.75, 3.05) is 11.1 Å². The maximum Gasteiger partial charge on any atom is 0.282 e. The second-order valence-electron chi connectivity index (χ2n) is 6.91. The highest BCUT2D eigenvalue weighted by molar-refractivity contribution is 7.99. The van der Waals surface area contributed by atoms with Gasteiger partial charge in [-0.15, -0.1) is 0 Å². The van der Waals surface area contributed by atoms with Crippen molar-refractivity contribution in [2.45, 2.75) is 32.0 Å². The second kappa shape index (κ2) is 8.79. The maximum absolute atomic E-state index is 12.9. The molecule has 3 aromatic rings. The predicted octanol–water partition coefficient (Wildman–Crippen LogP) is 3.56. The average molecular weight is 420 g/mol. The van der Waals surface area contributed by atoms with Gasteiger partial charge in [-0.1, -0.05) is 37.2 Å². The lowest BCUT2D eigenvalue weighted by Gasteiger charge is -2.13. The van der Waals surface area contributed by atoms with Gasteiger partial charge in [0.15, 0.2) is 10.7 Å². The van der Waals surface area contributed by atoms with E-state index in [4.69, 9.17) is 11.6 Å². The van der Waals surface area contributed by atoms with E-state index < -0.39 is 0 Å². The minimum absolute atomic E-state index is 0.141. The Kier molecular flexibility index (Phi) is 6.41. The Bertz CT molecular complexity index is 1040. The van der Waals surface area contributed by atoms with Crippen molar-refractivity contribution >= 4 is 46.0 Å². The van der Waals surface area contributed by atoms with Crippen LogP contribution in [-0.2, 0) is 18.4 Å². The van der Waals surface area contributed by atoms with E-state index in [-0.39, 0.29) is 17.2 Å². The molecule has 7 nitrogen and oxygen atoms in total. The van der Waals surface area contributed by atoms with Crippen LogP contribution in [0.25, 0.3) is 11.0 Å². The third-order valence-corrected chi connectivity index (χ3v) is 5.32. The van der Waals surface area contributed by atoms with E-state index in [1.807, 2.05) is 0 Å². The van der Waals surface area contributed by atoms with Crippen LogP contribution in [0, 0.1) is 5.92 Å². The largest absolute Gasteiger partial charge is 0.325 e. The Hall–Kier alpha value is -2.32. The minimum Gasteiger partial charge on any atom is -0.325 e. The van der Waals surface area contributed by atoms with Crippen LogP contribution in [0.3, 0.4) is 0 Å². The quantitative estimate of drug-likeness (QED) is 0.467. The maximum atomic E-state index is 12.9. The topological polar surface area (TPSA) is 81.8 Å². The molecule has 0 atom stereocenters. The number of hydrogen-bond donors (Lipinski definition) is 1. The van der Waals surface area contributed by atoms with Crippen LogP contribution in [0.5, 0.6) is 0 Å². The fourth-order valence-electron chi connectivity index (χ4n) is 2.64. The fourth-order valence-corrected chi connectivity index (χ4v) is 3.59. The van der Waals surface area contributed by atoms with Gasteiger partial charge in [0, 0.05) is 24.3 Å². The number of hydrogen-bond acceptors (Lipinski definition) is 5. The number of benzene rings is 1. The summed E-state index contributed by atoms with van der Waals surface area (Å²) in [5, 5.41) is 8.17. The molecule has 3 rings (SSSR count). The van der Waals surface area contributed by atoms with E-state index in [0.29, 0.717) is 39.4 Å². The number of nitrogens with zero attached hydrogens (tertiary/aromatic N) is 4. The summed E-state index contributed by atoms with van der Waals surface area (Å²) in [5.41, 5.74) is 1.38. The van der Waals surface area contributed by atoms with E-state index >= 15 is 0 Å². The molecule has 1 amide bonds. The van der Waals surface area contributed by atoms with Crippen LogP contribution < -0.4 is 10.9 Å². The number of thioether (sulfide) groups is 1.